The first-order valence-electron chi connectivity index (χ1n) is 8.47. The Kier molecular flexibility index (Phi) is 4.46. The number of rotatable bonds is 3. The number of hydrogen-bond acceptors (Lipinski definition) is 5. The summed E-state index contributed by atoms with van der Waals surface area (Å²) in [5.74, 6) is -3.32. The van der Waals surface area contributed by atoms with E-state index < -0.39 is 29.4 Å². The SMILES string of the molecule is Cc1sc(NC(=O)c2ccc3c(c2)C(=O)N(C)C3=O)nc1-c1ccc(F)c(F)c1. The molecule has 3 aromatic rings. The summed E-state index contributed by atoms with van der Waals surface area (Å²) >= 11 is 1.18. The number of hydrogen-bond donors (Lipinski definition) is 1. The normalized spacial score (nSPS) is 13.0. The van der Waals surface area contributed by atoms with Gasteiger partial charge in [0, 0.05) is 23.1 Å². The van der Waals surface area contributed by atoms with E-state index in [9.17, 15) is 23.2 Å². The Balaban J connectivity index is 1.59. The number of carbonyl (C=O) groups is 3. The predicted molar refractivity (Wildman–Crippen MR) is 103 cm³/mol. The molecule has 3 amide bonds. The number of aromatic nitrogens is 1. The number of benzene rings is 2. The standard InChI is InChI=1S/C20H13F2N3O3S/c1-9-16(10-4-6-14(21)15(22)8-10)23-20(29-9)24-17(26)11-3-5-12-13(7-11)19(28)25(2)18(12)27/h3-8H,1-2H3,(H,23,24,26). The molecule has 1 N–H and O–H groups in total. The van der Waals surface area contributed by atoms with Crippen LogP contribution in [0.2, 0.25) is 0 Å². The van der Waals surface area contributed by atoms with Crippen LogP contribution in [0.5, 0.6) is 0 Å². The van der Waals surface area contributed by atoms with Crippen molar-refractivity contribution in [3.05, 3.63) is 69.6 Å². The first-order chi connectivity index (χ1) is 13.8. The minimum Gasteiger partial charge on any atom is -0.298 e. The lowest BCUT2D eigenvalue weighted by atomic mass is 10.1. The van der Waals surface area contributed by atoms with Crippen molar-refractivity contribution in [2.75, 3.05) is 12.4 Å². The maximum absolute atomic E-state index is 13.5. The van der Waals surface area contributed by atoms with Crippen molar-refractivity contribution in [1.82, 2.24) is 9.88 Å². The average molecular weight is 413 g/mol. The van der Waals surface area contributed by atoms with Gasteiger partial charge >= 0.3 is 0 Å². The summed E-state index contributed by atoms with van der Waals surface area (Å²) < 4.78 is 26.7. The summed E-state index contributed by atoms with van der Waals surface area (Å²) in [7, 11) is 1.38. The van der Waals surface area contributed by atoms with Gasteiger partial charge in [0.1, 0.15) is 0 Å². The number of nitrogens with one attached hydrogen (secondary N) is 1. The van der Waals surface area contributed by atoms with Gasteiger partial charge in [-0.25, -0.2) is 13.8 Å². The molecule has 0 spiro atoms. The van der Waals surface area contributed by atoms with Crippen LogP contribution in [-0.2, 0) is 0 Å². The molecule has 1 aliphatic rings. The molecular weight excluding hydrogens is 400 g/mol. The van der Waals surface area contributed by atoms with E-state index in [1.165, 1.54) is 42.6 Å². The summed E-state index contributed by atoms with van der Waals surface area (Å²) in [5, 5.41) is 2.91. The van der Waals surface area contributed by atoms with Crippen LogP contribution < -0.4 is 5.32 Å². The second-order valence-corrected chi connectivity index (χ2v) is 7.64. The van der Waals surface area contributed by atoms with Gasteiger partial charge in [-0.05, 0) is 43.3 Å². The van der Waals surface area contributed by atoms with Gasteiger partial charge in [0.25, 0.3) is 17.7 Å². The number of carbonyl (C=O) groups excluding carboxylic acids is 3. The molecule has 0 unspecified atom stereocenters. The minimum atomic E-state index is -0.984. The topological polar surface area (TPSA) is 79.4 Å². The molecule has 6 nitrogen and oxygen atoms in total. The lowest BCUT2D eigenvalue weighted by molar-refractivity contribution is 0.0693. The van der Waals surface area contributed by atoms with Gasteiger partial charge in [-0.15, -0.1) is 11.3 Å². The molecule has 2 heterocycles. The number of thiazole rings is 1. The molecule has 1 aromatic heterocycles. The Morgan fingerprint density at radius 3 is 2.48 bits per heavy atom. The van der Waals surface area contributed by atoms with Crippen molar-refractivity contribution >= 4 is 34.2 Å². The molecule has 0 bridgehead atoms. The van der Waals surface area contributed by atoms with E-state index in [0.29, 0.717) is 16.1 Å². The highest BCUT2D eigenvalue weighted by molar-refractivity contribution is 7.16. The minimum absolute atomic E-state index is 0.169. The van der Waals surface area contributed by atoms with E-state index in [2.05, 4.69) is 10.3 Å². The molecule has 1 aliphatic heterocycles. The molecule has 0 saturated carbocycles. The third-order valence-electron chi connectivity index (χ3n) is 4.56. The van der Waals surface area contributed by atoms with Crippen molar-refractivity contribution in [2.45, 2.75) is 6.92 Å². The summed E-state index contributed by atoms with van der Waals surface area (Å²) in [6.07, 6.45) is 0. The molecule has 2 aromatic carbocycles. The third kappa shape index (κ3) is 3.19. The Labute approximate surface area is 167 Å². The van der Waals surface area contributed by atoms with Gasteiger partial charge in [0.2, 0.25) is 0 Å². The molecule has 0 saturated heterocycles. The van der Waals surface area contributed by atoms with Crippen LogP contribution in [0, 0.1) is 18.6 Å². The van der Waals surface area contributed by atoms with Crippen molar-refractivity contribution in [1.29, 1.82) is 0 Å². The summed E-state index contributed by atoms with van der Waals surface area (Å²) in [5.41, 5.74) is 1.44. The van der Waals surface area contributed by atoms with E-state index in [1.807, 2.05) is 0 Å². The lowest BCUT2D eigenvalue weighted by Gasteiger charge is -2.03. The van der Waals surface area contributed by atoms with Crippen molar-refractivity contribution in [3.8, 4) is 11.3 Å². The molecule has 0 radical (unpaired) electrons. The Bertz CT molecular complexity index is 1210. The molecule has 0 fully saturated rings. The van der Waals surface area contributed by atoms with E-state index in [1.54, 1.807) is 6.92 Å². The molecule has 0 atom stereocenters. The fourth-order valence-corrected chi connectivity index (χ4v) is 3.86. The highest BCUT2D eigenvalue weighted by atomic mass is 32.1. The second-order valence-electron chi connectivity index (χ2n) is 6.44. The fourth-order valence-electron chi connectivity index (χ4n) is 3.03. The highest BCUT2D eigenvalue weighted by Gasteiger charge is 2.33. The predicted octanol–water partition coefficient (Wildman–Crippen LogP) is 3.87. The van der Waals surface area contributed by atoms with E-state index in [-0.39, 0.29) is 21.8 Å². The molecule has 4 rings (SSSR count). The zero-order valence-corrected chi connectivity index (χ0v) is 16.1. The molecule has 29 heavy (non-hydrogen) atoms. The number of anilines is 1. The quantitative estimate of drug-likeness (QED) is 0.661. The smallest absolute Gasteiger partial charge is 0.261 e. The number of aryl methyl sites for hydroxylation is 1. The molecule has 146 valence electrons. The van der Waals surface area contributed by atoms with Crippen molar-refractivity contribution in [2.24, 2.45) is 0 Å². The summed E-state index contributed by atoms with van der Waals surface area (Å²) in [4.78, 5) is 42.6. The van der Waals surface area contributed by atoms with Crippen LogP contribution in [0.4, 0.5) is 13.9 Å². The Morgan fingerprint density at radius 2 is 1.76 bits per heavy atom. The van der Waals surface area contributed by atoms with Crippen molar-refractivity contribution < 1.29 is 23.2 Å². The maximum atomic E-state index is 13.5. The van der Waals surface area contributed by atoms with E-state index in [0.717, 1.165) is 17.0 Å². The van der Waals surface area contributed by atoms with Crippen LogP contribution in [0.3, 0.4) is 0 Å². The number of amides is 3. The second kappa shape index (κ2) is 6.85. The highest BCUT2D eigenvalue weighted by Crippen LogP contribution is 2.31. The van der Waals surface area contributed by atoms with E-state index >= 15 is 0 Å². The van der Waals surface area contributed by atoms with Gasteiger partial charge in [-0.3, -0.25) is 24.6 Å². The van der Waals surface area contributed by atoms with Crippen LogP contribution in [0.15, 0.2) is 36.4 Å². The zero-order valence-electron chi connectivity index (χ0n) is 15.2. The Morgan fingerprint density at radius 1 is 1.03 bits per heavy atom. The number of imide groups is 1. The Hall–Kier alpha value is -3.46. The van der Waals surface area contributed by atoms with Gasteiger partial charge in [-0.2, -0.15) is 0 Å². The van der Waals surface area contributed by atoms with Crippen LogP contribution in [-0.4, -0.2) is 34.7 Å². The zero-order chi connectivity index (χ0) is 20.9. The van der Waals surface area contributed by atoms with E-state index in [4.69, 9.17) is 0 Å². The van der Waals surface area contributed by atoms with Gasteiger partial charge in [-0.1, -0.05) is 0 Å². The molecule has 9 heteroatoms. The lowest BCUT2D eigenvalue weighted by Crippen LogP contribution is -2.24. The summed E-state index contributed by atoms with van der Waals surface area (Å²) in [6.45, 7) is 1.75. The maximum Gasteiger partial charge on any atom is 0.261 e. The number of halogens is 2. The first-order valence-corrected chi connectivity index (χ1v) is 9.28. The average Bonchev–Trinajstić information content (AvgIpc) is 3.16. The number of nitrogens with zero attached hydrogens (tertiary/aromatic N) is 2. The van der Waals surface area contributed by atoms with Crippen molar-refractivity contribution in [3.63, 3.8) is 0 Å². The van der Waals surface area contributed by atoms with Crippen LogP contribution in [0.25, 0.3) is 11.3 Å². The van der Waals surface area contributed by atoms with Gasteiger partial charge in [0.15, 0.2) is 16.8 Å². The van der Waals surface area contributed by atoms with Crippen LogP contribution >= 0.6 is 11.3 Å². The third-order valence-corrected chi connectivity index (χ3v) is 5.45. The molecule has 0 aliphatic carbocycles. The fraction of sp³-hybridized carbons (Fsp3) is 0.100. The monoisotopic (exact) mass is 413 g/mol. The first kappa shape index (κ1) is 18.9. The number of fused-ring (bicyclic) bond motifs is 1. The van der Waals surface area contributed by atoms with Crippen LogP contribution in [0.1, 0.15) is 36.0 Å². The summed E-state index contributed by atoms with van der Waals surface area (Å²) in [6, 6.07) is 7.73. The van der Waals surface area contributed by atoms with Gasteiger partial charge in [0.05, 0.1) is 16.8 Å². The molecular formula is C20H13F2N3O3S. The van der Waals surface area contributed by atoms with Gasteiger partial charge < -0.3 is 0 Å². The largest absolute Gasteiger partial charge is 0.298 e.